The molecule has 0 radical (unpaired) electrons. The zero-order chi connectivity index (χ0) is 17.6. The van der Waals surface area contributed by atoms with Gasteiger partial charge in [-0.25, -0.2) is 0 Å². The smallest absolute Gasteiger partial charge is 0.253 e. The minimum Gasteiger partial charge on any atom is -0.387 e. The van der Waals surface area contributed by atoms with E-state index < -0.39 is 6.10 Å². The molecule has 1 aliphatic heterocycles. The Morgan fingerprint density at radius 2 is 1.80 bits per heavy atom. The Balaban J connectivity index is 1.55. The lowest BCUT2D eigenvalue weighted by Gasteiger charge is -2.35. The fourth-order valence-electron chi connectivity index (χ4n) is 3.06. The molecule has 5 nitrogen and oxygen atoms in total. The highest BCUT2D eigenvalue weighted by atomic mass is 16.3. The van der Waals surface area contributed by atoms with Crippen LogP contribution in [0.1, 0.15) is 27.6 Å². The van der Waals surface area contributed by atoms with Gasteiger partial charge >= 0.3 is 0 Å². The molecule has 1 saturated heterocycles. The maximum Gasteiger partial charge on any atom is 0.253 e. The molecule has 1 amide bonds. The summed E-state index contributed by atoms with van der Waals surface area (Å²) in [5.74, 6) is -0.0413. The van der Waals surface area contributed by atoms with Crippen LogP contribution in [0.25, 0.3) is 0 Å². The Labute approximate surface area is 147 Å². The number of β-amino-alcohol motifs (C(OH)–C–C–N with tert-alkyl or cyclic N) is 1. The minimum atomic E-state index is -0.518. The van der Waals surface area contributed by atoms with Gasteiger partial charge in [0.2, 0.25) is 0 Å². The number of nitrogens with zero attached hydrogens (tertiary/aromatic N) is 3. The second-order valence-corrected chi connectivity index (χ2v) is 6.21. The number of carbonyl (C=O) groups excluding carboxylic acids is 1. The quantitative estimate of drug-likeness (QED) is 0.928. The molecule has 1 aliphatic rings. The first-order valence-electron chi connectivity index (χ1n) is 8.42. The summed E-state index contributed by atoms with van der Waals surface area (Å²) in [6.45, 7) is 3.27. The van der Waals surface area contributed by atoms with Crippen molar-refractivity contribution in [2.45, 2.75) is 6.10 Å². The first kappa shape index (κ1) is 17.2. The molecule has 0 bridgehead atoms. The van der Waals surface area contributed by atoms with Gasteiger partial charge < -0.3 is 10.0 Å². The molecule has 2 aromatic rings. The van der Waals surface area contributed by atoms with Crippen molar-refractivity contribution in [1.82, 2.24) is 9.80 Å². The van der Waals surface area contributed by atoms with E-state index in [-0.39, 0.29) is 5.91 Å². The zero-order valence-corrected chi connectivity index (χ0v) is 14.0. The van der Waals surface area contributed by atoms with Crippen LogP contribution < -0.4 is 0 Å². The second-order valence-electron chi connectivity index (χ2n) is 6.21. The van der Waals surface area contributed by atoms with Gasteiger partial charge in [-0.15, -0.1) is 0 Å². The van der Waals surface area contributed by atoms with E-state index >= 15 is 0 Å². The summed E-state index contributed by atoms with van der Waals surface area (Å²) in [5.41, 5.74) is 1.96. The number of amides is 1. The molecular formula is C20H21N3O2. The van der Waals surface area contributed by atoms with E-state index in [1.165, 1.54) is 0 Å². The van der Waals surface area contributed by atoms with Gasteiger partial charge in [0.15, 0.2) is 0 Å². The lowest BCUT2D eigenvalue weighted by Crippen LogP contribution is -2.49. The fourth-order valence-corrected chi connectivity index (χ4v) is 3.06. The van der Waals surface area contributed by atoms with Crippen molar-refractivity contribution in [3.63, 3.8) is 0 Å². The van der Waals surface area contributed by atoms with Gasteiger partial charge in [0.05, 0.1) is 17.7 Å². The van der Waals surface area contributed by atoms with Crippen LogP contribution >= 0.6 is 0 Å². The average Bonchev–Trinajstić information content (AvgIpc) is 2.68. The van der Waals surface area contributed by atoms with Crippen molar-refractivity contribution in [3.05, 3.63) is 71.3 Å². The largest absolute Gasteiger partial charge is 0.387 e. The molecule has 0 aromatic heterocycles. The van der Waals surface area contributed by atoms with E-state index in [1.54, 1.807) is 24.3 Å². The first-order valence-corrected chi connectivity index (χ1v) is 8.42. The number of aliphatic hydroxyl groups is 1. The maximum absolute atomic E-state index is 12.6. The lowest BCUT2D eigenvalue weighted by atomic mass is 10.1. The molecule has 1 atom stereocenters. The van der Waals surface area contributed by atoms with Gasteiger partial charge in [0.1, 0.15) is 0 Å². The Hall–Kier alpha value is -2.68. The van der Waals surface area contributed by atoms with E-state index in [1.807, 2.05) is 35.2 Å². The number of hydrogen-bond acceptors (Lipinski definition) is 4. The van der Waals surface area contributed by atoms with Gasteiger partial charge in [-0.3, -0.25) is 9.69 Å². The summed E-state index contributed by atoms with van der Waals surface area (Å²) in [6.07, 6.45) is -0.518. The van der Waals surface area contributed by atoms with Crippen LogP contribution in [0.5, 0.6) is 0 Å². The third kappa shape index (κ3) is 4.24. The van der Waals surface area contributed by atoms with E-state index in [2.05, 4.69) is 11.0 Å². The summed E-state index contributed by atoms with van der Waals surface area (Å²) in [4.78, 5) is 16.5. The van der Waals surface area contributed by atoms with Gasteiger partial charge in [0.25, 0.3) is 5.91 Å². The molecule has 1 N–H and O–H groups in total. The van der Waals surface area contributed by atoms with Crippen molar-refractivity contribution < 1.29 is 9.90 Å². The van der Waals surface area contributed by atoms with Crippen LogP contribution in [0.15, 0.2) is 54.6 Å². The van der Waals surface area contributed by atoms with E-state index in [0.29, 0.717) is 30.8 Å². The maximum atomic E-state index is 12.6. The number of piperazine rings is 1. The molecule has 5 heteroatoms. The minimum absolute atomic E-state index is 0.0413. The van der Waals surface area contributed by atoms with Gasteiger partial charge in [-0.05, 0) is 23.8 Å². The van der Waals surface area contributed by atoms with Crippen LogP contribution in [0.2, 0.25) is 0 Å². The number of hydrogen-bond donors (Lipinski definition) is 1. The van der Waals surface area contributed by atoms with Crippen LogP contribution in [0, 0.1) is 11.3 Å². The third-order valence-corrected chi connectivity index (χ3v) is 4.51. The number of nitriles is 1. The average molecular weight is 335 g/mol. The summed E-state index contributed by atoms with van der Waals surface area (Å²) in [6, 6.07) is 18.5. The van der Waals surface area contributed by atoms with E-state index in [0.717, 1.165) is 18.7 Å². The lowest BCUT2D eigenvalue weighted by molar-refractivity contribution is 0.0527. The van der Waals surface area contributed by atoms with Crippen LogP contribution in [0.4, 0.5) is 0 Å². The van der Waals surface area contributed by atoms with Gasteiger partial charge in [0, 0.05) is 38.3 Å². The van der Waals surface area contributed by atoms with Crippen LogP contribution in [0.3, 0.4) is 0 Å². The molecule has 1 fully saturated rings. The molecule has 1 heterocycles. The molecule has 0 aliphatic carbocycles. The Morgan fingerprint density at radius 3 is 2.48 bits per heavy atom. The van der Waals surface area contributed by atoms with Crippen molar-refractivity contribution in [2.24, 2.45) is 0 Å². The zero-order valence-electron chi connectivity index (χ0n) is 14.0. The van der Waals surface area contributed by atoms with Crippen LogP contribution in [-0.4, -0.2) is 53.5 Å². The standard InChI is InChI=1S/C20H21N3O2/c21-14-16-5-4-8-18(13-16)20(25)23-11-9-22(10-12-23)15-19(24)17-6-2-1-3-7-17/h1-8,13,19,24H,9-12,15H2. The highest BCUT2D eigenvalue weighted by Crippen LogP contribution is 2.16. The van der Waals surface area contributed by atoms with E-state index in [4.69, 9.17) is 5.26 Å². The van der Waals surface area contributed by atoms with Crippen molar-refractivity contribution in [2.75, 3.05) is 32.7 Å². The highest BCUT2D eigenvalue weighted by molar-refractivity contribution is 5.94. The Kier molecular flexibility index (Phi) is 5.44. The summed E-state index contributed by atoms with van der Waals surface area (Å²) >= 11 is 0. The summed E-state index contributed by atoms with van der Waals surface area (Å²) in [5, 5.41) is 19.3. The molecule has 1 unspecified atom stereocenters. The van der Waals surface area contributed by atoms with Crippen molar-refractivity contribution in [3.8, 4) is 6.07 Å². The molecular weight excluding hydrogens is 314 g/mol. The topological polar surface area (TPSA) is 67.6 Å². The molecule has 25 heavy (non-hydrogen) atoms. The monoisotopic (exact) mass is 335 g/mol. The highest BCUT2D eigenvalue weighted by Gasteiger charge is 2.23. The normalized spacial score (nSPS) is 16.2. The predicted molar refractivity (Wildman–Crippen MR) is 94.9 cm³/mol. The molecule has 0 spiro atoms. The molecule has 2 aromatic carbocycles. The van der Waals surface area contributed by atoms with E-state index in [9.17, 15) is 9.90 Å². The number of benzene rings is 2. The predicted octanol–water partition coefficient (Wildman–Crippen LogP) is 2.05. The summed E-state index contributed by atoms with van der Waals surface area (Å²) in [7, 11) is 0. The number of carbonyl (C=O) groups is 1. The van der Waals surface area contributed by atoms with Crippen molar-refractivity contribution >= 4 is 5.91 Å². The van der Waals surface area contributed by atoms with Gasteiger partial charge in [-0.2, -0.15) is 5.26 Å². The molecule has 128 valence electrons. The number of rotatable bonds is 4. The number of aliphatic hydroxyl groups excluding tert-OH is 1. The third-order valence-electron chi connectivity index (χ3n) is 4.51. The summed E-state index contributed by atoms with van der Waals surface area (Å²) < 4.78 is 0. The Bertz CT molecular complexity index is 762. The van der Waals surface area contributed by atoms with Crippen molar-refractivity contribution in [1.29, 1.82) is 5.26 Å². The first-order chi connectivity index (χ1) is 12.2. The molecule has 0 saturated carbocycles. The second kappa shape index (κ2) is 7.93. The SMILES string of the molecule is N#Cc1cccc(C(=O)N2CCN(CC(O)c3ccccc3)CC2)c1. The van der Waals surface area contributed by atoms with Gasteiger partial charge in [-0.1, -0.05) is 36.4 Å². The Morgan fingerprint density at radius 1 is 1.08 bits per heavy atom. The van der Waals surface area contributed by atoms with Crippen LogP contribution in [-0.2, 0) is 0 Å². The molecule has 3 rings (SSSR count). The fraction of sp³-hybridized carbons (Fsp3) is 0.300.